The number of amides is 1. The number of benzene rings is 2. The van der Waals surface area contributed by atoms with Crippen LogP contribution in [-0.2, 0) is 14.6 Å². The molecule has 0 aliphatic rings. The molecule has 0 aromatic heterocycles. The fourth-order valence-corrected chi connectivity index (χ4v) is 3.39. The van der Waals surface area contributed by atoms with Crippen LogP contribution in [0.1, 0.15) is 6.42 Å². The number of sulfone groups is 1. The van der Waals surface area contributed by atoms with Crippen molar-refractivity contribution >= 4 is 44.6 Å². The lowest BCUT2D eigenvalue weighted by Gasteiger charge is -2.08. The van der Waals surface area contributed by atoms with E-state index in [1.54, 1.807) is 18.2 Å². The number of carbonyl (C=O) groups excluding carboxylic acids is 1. The number of anilines is 1. The average Bonchev–Trinajstić information content (AvgIpc) is 2.50. The minimum atomic E-state index is -3.67. The zero-order valence-electron chi connectivity index (χ0n) is 11.7. The van der Waals surface area contributed by atoms with Gasteiger partial charge in [-0.2, -0.15) is 0 Å². The summed E-state index contributed by atoms with van der Waals surface area (Å²) < 4.78 is 37.0. The molecule has 0 atom stereocenters. The van der Waals surface area contributed by atoms with Gasteiger partial charge in [0.25, 0.3) is 0 Å². The van der Waals surface area contributed by atoms with E-state index < -0.39 is 27.3 Å². The maximum atomic E-state index is 12.8. The Balaban J connectivity index is 2.01. The molecule has 2 rings (SSSR count). The lowest BCUT2D eigenvalue weighted by molar-refractivity contribution is -0.115. The van der Waals surface area contributed by atoms with E-state index in [0.29, 0.717) is 5.69 Å². The summed E-state index contributed by atoms with van der Waals surface area (Å²) in [4.78, 5) is 11.8. The number of hydrogen-bond acceptors (Lipinski definition) is 3. The van der Waals surface area contributed by atoms with Crippen molar-refractivity contribution in [2.45, 2.75) is 11.3 Å². The van der Waals surface area contributed by atoms with Gasteiger partial charge in [0.1, 0.15) is 5.82 Å². The maximum Gasteiger partial charge on any atom is 0.225 e. The van der Waals surface area contributed by atoms with E-state index in [1.807, 2.05) is 0 Å². The van der Waals surface area contributed by atoms with E-state index >= 15 is 0 Å². The molecular formula is C15H12Cl2FNO3S. The highest BCUT2D eigenvalue weighted by Crippen LogP contribution is 2.29. The van der Waals surface area contributed by atoms with Crippen LogP contribution in [0.5, 0.6) is 0 Å². The number of carbonyl (C=O) groups is 1. The van der Waals surface area contributed by atoms with Crippen LogP contribution in [0.3, 0.4) is 0 Å². The Bertz CT molecular complexity index is 823. The summed E-state index contributed by atoms with van der Waals surface area (Å²) in [6.07, 6.45) is -0.261. The Morgan fingerprint density at radius 1 is 1.09 bits per heavy atom. The monoisotopic (exact) mass is 375 g/mol. The molecule has 4 nitrogen and oxygen atoms in total. The Hall–Kier alpha value is -1.63. The van der Waals surface area contributed by atoms with Gasteiger partial charge in [0, 0.05) is 6.42 Å². The van der Waals surface area contributed by atoms with Crippen LogP contribution in [0.25, 0.3) is 0 Å². The Morgan fingerprint density at radius 2 is 1.74 bits per heavy atom. The van der Waals surface area contributed by atoms with E-state index in [2.05, 4.69) is 5.32 Å². The Kier molecular flexibility index (Phi) is 5.62. The third-order valence-electron chi connectivity index (χ3n) is 3.00. The standard InChI is InChI=1S/C15H12Cl2FNO3S/c16-12-2-1-3-13(15(12)17)19-14(20)8-9-23(21,22)11-6-4-10(18)5-7-11/h1-7H,8-9H2,(H,19,20). The predicted molar refractivity (Wildman–Crippen MR) is 88.2 cm³/mol. The summed E-state index contributed by atoms with van der Waals surface area (Å²) in [6.45, 7) is 0. The molecule has 1 N–H and O–H groups in total. The van der Waals surface area contributed by atoms with Crippen LogP contribution in [0.2, 0.25) is 10.0 Å². The molecular weight excluding hydrogens is 364 g/mol. The molecule has 23 heavy (non-hydrogen) atoms. The lowest BCUT2D eigenvalue weighted by atomic mass is 10.3. The third-order valence-corrected chi connectivity index (χ3v) is 5.55. The summed E-state index contributed by atoms with van der Waals surface area (Å²) >= 11 is 11.8. The van der Waals surface area contributed by atoms with Crippen molar-refractivity contribution in [2.75, 3.05) is 11.1 Å². The molecule has 1 amide bonds. The average molecular weight is 376 g/mol. The quantitative estimate of drug-likeness (QED) is 0.805. The normalized spacial score (nSPS) is 11.3. The third kappa shape index (κ3) is 4.67. The first-order valence-corrected chi connectivity index (χ1v) is 8.92. The van der Waals surface area contributed by atoms with Gasteiger partial charge in [0.2, 0.25) is 5.91 Å². The highest BCUT2D eigenvalue weighted by molar-refractivity contribution is 7.91. The first-order valence-electron chi connectivity index (χ1n) is 6.52. The Labute approximate surface area is 143 Å². The lowest BCUT2D eigenvalue weighted by Crippen LogP contribution is -2.17. The molecule has 0 saturated heterocycles. The highest BCUT2D eigenvalue weighted by atomic mass is 35.5. The predicted octanol–water partition coefficient (Wildman–Crippen LogP) is 3.94. The van der Waals surface area contributed by atoms with Gasteiger partial charge in [0.15, 0.2) is 9.84 Å². The number of hydrogen-bond donors (Lipinski definition) is 1. The highest BCUT2D eigenvalue weighted by Gasteiger charge is 2.17. The minimum Gasteiger partial charge on any atom is -0.325 e. The van der Waals surface area contributed by atoms with Crippen LogP contribution in [0.4, 0.5) is 10.1 Å². The van der Waals surface area contributed by atoms with E-state index in [4.69, 9.17) is 23.2 Å². The zero-order valence-corrected chi connectivity index (χ0v) is 14.1. The van der Waals surface area contributed by atoms with Gasteiger partial charge in [0.05, 0.1) is 26.4 Å². The minimum absolute atomic E-state index is 0.0347. The summed E-state index contributed by atoms with van der Waals surface area (Å²) in [6, 6.07) is 9.17. The molecule has 0 aliphatic carbocycles. The van der Waals surface area contributed by atoms with Crippen molar-refractivity contribution in [3.63, 3.8) is 0 Å². The summed E-state index contributed by atoms with van der Waals surface area (Å²) in [5, 5.41) is 2.97. The number of halogens is 3. The van der Waals surface area contributed by atoms with Crippen molar-refractivity contribution in [1.82, 2.24) is 0 Å². The first-order chi connectivity index (χ1) is 10.8. The fourth-order valence-electron chi connectivity index (χ4n) is 1.80. The summed E-state index contributed by atoms with van der Waals surface area (Å²) in [5.74, 6) is -1.44. The van der Waals surface area contributed by atoms with Gasteiger partial charge in [-0.25, -0.2) is 12.8 Å². The molecule has 122 valence electrons. The van der Waals surface area contributed by atoms with Crippen LogP contribution >= 0.6 is 23.2 Å². The molecule has 0 heterocycles. The molecule has 0 bridgehead atoms. The molecule has 8 heteroatoms. The number of rotatable bonds is 5. The van der Waals surface area contributed by atoms with Gasteiger partial charge in [-0.3, -0.25) is 4.79 Å². The first kappa shape index (κ1) is 17.7. The molecule has 2 aromatic carbocycles. The van der Waals surface area contributed by atoms with E-state index in [9.17, 15) is 17.6 Å². The maximum absolute atomic E-state index is 12.8. The van der Waals surface area contributed by atoms with Crippen LogP contribution in [0.15, 0.2) is 47.4 Å². The van der Waals surface area contributed by atoms with Crippen molar-refractivity contribution in [3.8, 4) is 0 Å². The zero-order chi connectivity index (χ0) is 17.0. The largest absolute Gasteiger partial charge is 0.325 e. The van der Waals surface area contributed by atoms with E-state index in [-0.39, 0.29) is 21.4 Å². The number of nitrogens with one attached hydrogen (secondary N) is 1. The molecule has 0 spiro atoms. The smallest absolute Gasteiger partial charge is 0.225 e. The van der Waals surface area contributed by atoms with Gasteiger partial charge >= 0.3 is 0 Å². The van der Waals surface area contributed by atoms with Crippen molar-refractivity contribution < 1.29 is 17.6 Å². The van der Waals surface area contributed by atoms with Crippen LogP contribution < -0.4 is 5.32 Å². The van der Waals surface area contributed by atoms with Crippen LogP contribution in [0, 0.1) is 5.82 Å². The molecule has 0 fully saturated rings. The van der Waals surface area contributed by atoms with E-state index in [1.165, 1.54) is 0 Å². The van der Waals surface area contributed by atoms with Crippen molar-refractivity contribution in [2.24, 2.45) is 0 Å². The fraction of sp³-hybridized carbons (Fsp3) is 0.133. The Morgan fingerprint density at radius 3 is 2.39 bits per heavy atom. The second-order valence-electron chi connectivity index (χ2n) is 4.67. The van der Waals surface area contributed by atoms with Gasteiger partial charge in [-0.15, -0.1) is 0 Å². The van der Waals surface area contributed by atoms with Gasteiger partial charge < -0.3 is 5.32 Å². The molecule has 0 radical (unpaired) electrons. The molecule has 2 aromatic rings. The second-order valence-corrected chi connectivity index (χ2v) is 7.57. The molecule has 0 unspecified atom stereocenters. The van der Waals surface area contributed by atoms with Crippen molar-refractivity contribution in [3.05, 3.63) is 58.3 Å². The topological polar surface area (TPSA) is 63.2 Å². The summed E-state index contributed by atoms with van der Waals surface area (Å²) in [5.41, 5.74) is 0.309. The molecule has 0 aliphatic heterocycles. The van der Waals surface area contributed by atoms with Gasteiger partial charge in [-0.1, -0.05) is 29.3 Å². The molecule has 0 saturated carbocycles. The van der Waals surface area contributed by atoms with E-state index in [0.717, 1.165) is 24.3 Å². The SMILES string of the molecule is O=C(CCS(=O)(=O)c1ccc(F)cc1)Nc1cccc(Cl)c1Cl. The van der Waals surface area contributed by atoms with Gasteiger partial charge in [-0.05, 0) is 36.4 Å². The second kappa shape index (κ2) is 7.29. The summed E-state index contributed by atoms with van der Waals surface area (Å²) in [7, 11) is -3.67. The van der Waals surface area contributed by atoms with Crippen LogP contribution in [-0.4, -0.2) is 20.1 Å². The van der Waals surface area contributed by atoms with Crippen molar-refractivity contribution in [1.29, 1.82) is 0 Å².